The fourth-order valence-corrected chi connectivity index (χ4v) is 1.94. The first kappa shape index (κ1) is 11.3. The maximum absolute atomic E-state index is 9.79. The molecule has 15 heavy (non-hydrogen) atoms. The van der Waals surface area contributed by atoms with Crippen molar-refractivity contribution < 1.29 is 29.5 Å². The molecule has 5 atom stereocenters. The summed E-state index contributed by atoms with van der Waals surface area (Å²) in [4.78, 5) is 0. The van der Waals surface area contributed by atoms with Crippen LogP contribution < -0.4 is 0 Å². The average molecular weight is 220 g/mol. The molecule has 2 saturated heterocycles. The number of ether oxygens (including phenoxy) is 3. The van der Waals surface area contributed by atoms with Gasteiger partial charge >= 0.3 is 0 Å². The Labute approximate surface area is 87.4 Å². The van der Waals surface area contributed by atoms with E-state index in [1.54, 1.807) is 13.8 Å². The van der Waals surface area contributed by atoms with Crippen LogP contribution in [0.2, 0.25) is 0 Å². The summed E-state index contributed by atoms with van der Waals surface area (Å²) in [6.07, 6.45) is -4.26. The molecule has 2 aliphatic rings. The van der Waals surface area contributed by atoms with E-state index in [1.165, 1.54) is 0 Å². The minimum absolute atomic E-state index is 0.468. The van der Waals surface area contributed by atoms with Gasteiger partial charge in [-0.05, 0) is 13.8 Å². The summed E-state index contributed by atoms with van der Waals surface area (Å²) >= 11 is 0. The van der Waals surface area contributed by atoms with E-state index in [0.717, 1.165) is 0 Å². The van der Waals surface area contributed by atoms with Crippen molar-refractivity contribution in [3.05, 3.63) is 0 Å². The van der Waals surface area contributed by atoms with Crippen molar-refractivity contribution in [2.24, 2.45) is 0 Å². The van der Waals surface area contributed by atoms with Crippen LogP contribution in [-0.4, -0.2) is 58.4 Å². The Balaban J connectivity index is 2.05. The van der Waals surface area contributed by atoms with Gasteiger partial charge in [0.25, 0.3) is 0 Å². The third-order valence-electron chi connectivity index (χ3n) is 2.62. The van der Waals surface area contributed by atoms with Gasteiger partial charge in [0.2, 0.25) is 0 Å². The van der Waals surface area contributed by atoms with Crippen LogP contribution in [0.1, 0.15) is 13.8 Å². The SMILES string of the molecule is CC1(C)OC2O[C@@H]([C@H](O)CO)[C@@H](O)[C@@H]2O1. The molecular weight excluding hydrogens is 204 g/mol. The van der Waals surface area contributed by atoms with E-state index in [-0.39, 0.29) is 0 Å². The highest BCUT2D eigenvalue weighted by Gasteiger charge is 2.55. The molecule has 2 rings (SSSR count). The van der Waals surface area contributed by atoms with E-state index in [2.05, 4.69) is 0 Å². The molecule has 0 saturated carbocycles. The summed E-state index contributed by atoms with van der Waals surface area (Å²) in [5.74, 6) is -0.786. The second kappa shape index (κ2) is 3.65. The number of hydrogen-bond donors (Lipinski definition) is 3. The Morgan fingerprint density at radius 3 is 2.53 bits per heavy atom. The highest BCUT2D eigenvalue weighted by molar-refractivity contribution is 4.95. The maximum Gasteiger partial charge on any atom is 0.190 e. The van der Waals surface area contributed by atoms with Crippen molar-refractivity contribution in [1.82, 2.24) is 0 Å². The molecule has 0 aliphatic carbocycles. The zero-order valence-electron chi connectivity index (χ0n) is 8.66. The van der Waals surface area contributed by atoms with Gasteiger partial charge in [-0.3, -0.25) is 0 Å². The first-order valence-electron chi connectivity index (χ1n) is 4.93. The van der Waals surface area contributed by atoms with Gasteiger partial charge in [0.15, 0.2) is 12.1 Å². The largest absolute Gasteiger partial charge is 0.394 e. The lowest BCUT2D eigenvalue weighted by molar-refractivity contribution is -0.227. The van der Waals surface area contributed by atoms with Crippen LogP contribution in [0.15, 0.2) is 0 Å². The predicted molar refractivity (Wildman–Crippen MR) is 47.8 cm³/mol. The lowest BCUT2D eigenvalue weighted by Gasteiger charge is -2.24. The van der Waals surface area contributed by atoms with Gasteiger partial charge in [-0.1, -0.05) is 0 Å². The molecular formula is C9H16O6. The fraction of sp³-hybridized carbons (Fsp3) is 1.00. The van der Waals surface area contributed by atoms with Crippen molar-refractivity contribution in [3.63, 3.8) is 0 Å². The molecule has 6 nitrogen and oxygen atoms in total. The summed E-state index contributed by atoms with van der Waals surface area (Å²) in [7, 11) is 0. The quantitative estimate of drug-likeness (QED) is 0.529. The second-order valence-electron chi connectivity index (χ2n) is 4.31. The van der Waals surface area contributed by atoms with Crippen LogP contribution in [0.3, 0.4) is 0 Å². The van der Waals surface area contributed by atoms with Gasteiger partial charge < -0.3 is 29.5 Å². The molecule has 0 bridgehead atoms. The van der Waals surface area contributed by atoms with E-state index in [9.17, 15) is 10.2 Å². The van der Waals surface area contributed by atoms with Gasteiger partial charge in [-0.2, -0.15) is 0 Å². The van der Waals surface area contributed by atoms with Crippen LogP contribution >= 0.6 is 0 Å². The summed E-state index contributed by atoms with van der Waals surface area (Å²) in [6, 6.07) is 0. The molecule has 6 heteroatoms. The molecule has 0 radical (unpaired) electrons. The van der Waals surface area contributed by atoms with E-state index in [4.69, 9.17) is 19.3 Å². The number of rotatable bonds is 2. The monoisotopic (exact) mass is 220 g/mol. The summed E-state index contributed by atoms with van der Waals surface area (Å²) in [5.41, 5.74) is 0. The number of fused-ring (bicyclic) bond motifs is 1. The van der Waals surface area contributed by atoms with E-state index < -0.39 is 43.1 Å². The zero-order chi connectivity index (χ0) is 11.2. The number of aliphatic hydroxyl groups excluding tert-OH is 3. The lowest BCUT2D eigenvalue weighted by atomic mass is 10.1. The van der Waals surface area contributed by atoms with Crippen LogP contribution in [0, 0.1) is 0 Å². The average Bonchev–Trinajstić information content (AvgIpc) is 2.60. The molecule has 0 aromatic carbocycles. The molecule has 2 fully saturated rings. The molecule has 2 heterocycles. The predicted octanol–water partition coefficient (Wildman–Crippen LogP) is -1.42. The molecule has 2 aliphatic heterocycles. The molecule has 88 valence electrons. The van der Waals surface area contributed by atoms with Crippen molar-refractivity contribution in [2.75, 3.05) is 6.61 Å². The van der Waals surface area contributed by atoms with Gasteiger partial charge in [0, 0.05) is 0 Å². The molecule has 0 aromatic rings. The highest BCUT2D eigenvalue weighted by atomic mass is 16.8. The Morgan fingerprint density at radius 1 is 1.33 bits per heavy atom. The van der Waals surface area contributed by atoms with Crippen molar-refractivity contribution in [3.8, 4) is 0 Å². The molecule has 3 N–H and O–H groups in total. The standard InChI is InChI=1S/C9H16O6/c1-9(2)14-7-5(12)6(4(11)3-10)13-8(7)15-9/h4-8,10-12H,3H2,1-2H3/t4-,5-,6+,7+,8?/m1/s1. The Morgan fingerprint density at radius 2 is 2.00 bits per heavy atom. The van der Waals surface area contributed by atoms with E-state index in [1.807, 2.05) is 0 Å². The minimum atomic E-state index is -1.12. The van der Waals surface area contributed by atoms with Crippen LogP contribution in [0.4, 0.5) is 0 Å². The lowest BCUT2D eigenvalue weighted by Crippen LogP contribution is -2.42. The Bertz CT molecular complexity index is 243. The molecule has 0 spiro atoms. The zero-order valence-corrected chi connectivity index (χ0v) is 8.66. The van der Waals surface area contributed by atoms with Crippen molar-refractivity contribution in [2.45, 2.75) is 50.3 Å². The smallest absolute Gasteiger partial charge is 0.190 e. The van der Waals surface area contributed by atoms with Crippen molar-refractivity contribution >= 4 is 0 Å². The van der Waals surface area contributed by atoms with E-state index in [0.29, 0.717) is 0 Å². The third kappa shape index (κ3) is 1.89. The highest BCUT2D eigenvalue weighted by Crippen LogP contribution is 2.38. The number of aliphatic hydroxyl groups is 3. The summed E-state index contributed by atoms with van der Waals surface area (Å²) in [5, 5.41) is 27.9. The van der Waals surface area contributed by atoms with Crippen LogP contribution in [-0.2, 0) is 14.2 Å². The maximum atomic E-state index is 9.79. The van der Waals surface area contributed by atoms with E-state index >= 15 is 0 Å². The molecule has 0 aromatic heterocycles. The molecule has 1 unspecified atom stereocenters. The van der Waals surface area contributed by atoms with Gasteiger partial charge in [-0.15, -0.1) is 0 Å². The first-order valence-corrected chi connectivity index (χ1v) is 4.93. The third-order valence-corrected chi connectivity index (χ3v) is 2.62. The van der Waals surface area contributed by atoms with Gasteiger partial charge in [-0.25, -0.2) is 0 Å². The first-order chi connectivity index (χ1) is 6.94. The fourth-order valence-electron chi connectivity index (χ4n) is 1.94. The topological polar surface area (TPSA) is 88.4 Å². The number of hydrogen-bond acceptors (Lipinski definition) is 6. The summed E-state index contributed by atoms with van der Waals surface area (Å²) < 4.78 is 16.1. The van der Waals surface area contributed by atoms with Crippen molar-refractivity contribution in [1.29, 1.82) is 0 Å². The minimum Gasteiger partial charge on any atom is -0.394 e. The Hall–Kier alpha value is -0.240. The van der Waals surface area contributed by atoms with Gasteiger partial charge in [0.05, 0.1) is 6.61 Å². The van der Waals surface area contributed by atoms with Gasteiger partial charge in [0.1, 0.15) is 24.4 Å². The normalized spacial score (nSPS) is 45.4. The summed E-state index contributed by atoms with van der Waals surface area (Å²) in [6.45, 7) is 2.97. The van der Waals surface area contributed by atoms with Crippen LogP contribution in [0.25, 0.3) is 0 Å². The molecule has 0 amide bonds. The second-order valence-corrected chi connectivity index (χ2v) is 4.31. The van der Waals surface area contributed by atoms with Crippen LogP contribution in [0.5, 0.6) is 0 Å². The Kier molecular flexibility index (Phi) is 2.74.